The van der Waals surface area contributed by atoms with Gasteiger partial charge in [-0.25, -0.2) is 5.09 Å². The van der Waals surface area contributed by atoms with Gasteiger partial charge in [-0.15, -0.1) is 23.2 Å². The quantitative estimate of drug-likeness (QED) is 0.139. The van der Waals surface area contributed by atoms with Crippen molar-refractivity contribution in [1.29, 1.82) is 0 Å². The van der Waals surface area contributed by atoms with E-state index in [1.807, 2.05) is 0 Å². The molecule has 1 aliphatic rings. The molecule has 1 heterocycles. The molecule has 1 saturated heterocycles. The summed E-state index contributed by atoms with van der Waals surface area (Å²) in [5.74, 6) is 0.713. The van der Waals surface area contributed by atoms with E-state index in [9.17, 15) is 4.57 Å². The van der Waals surface area contributed by atoms with Crippen molar-refractivity contribution in [1.82, 2.24) is 9.76 Å². The zero-order chi connectivity index (χ0) is 19.4. The van der Waals surface area contributed by atoms with Crippen LogP contribution in [0.2, 0.25) is 0 Å². The van der Waals surface area contributed by atoms with E-state index >= 15 is 0 Å². The molecule has 0 aromatic carbocycles. The Hall–Kier alpha value is 1.21. The maximum atomic E-state index is 13.0. The number of ether oxygens (including phenoxy) is 1. The van der Waals surface area contributed by atoms with E-state index in [1.165, 1.54) is 10.5 Å². The lowest BCUT2D eigenvalue weighted by molar-refractivity contribution is -0.0424. The number of nitrogens with zero attached hydrogens (tertiary/aromatic N) is 1. The SMILES string of the molecule is C/C(=C\COC1CCOP(=O)(NCCCl)N1CCCl)CC/C=C(\C)SI. The summed E-state index contributed by atoms with van der Waals surface area (Å²) in [5, 5.41) is 2.92. The summed E-state index contributed by atoms with van der Waals surface area (Å²) < 4.78 is 26.2. The summed E-state index contributed by atoms with van der Waals surface area (Å²) in [7, 11) is -1.41. The highest BCUT2D eigenvalue weighted by atomic mass is 127. The molecule has 0 radical (unpaired) electrons. The maximum absolute atomic E-state index is 13.0. The summed E-state index contributed by atoms with van der Waals surface area (Å²) in [6, 6.07) is 0. The van der Waals surface area contributed by atoms with E-state index < -0.39 is 7.67 Å². The first-order chi connectivity index (χ1) is 12.5. The number of hydrogen-bond acceptors (Lipinski definition) is 4. The van der Waals surface area contributed by atoms with Gasteiger partial charge in [0.1, 0.15) is 6.23 Å². The van der Waals surface area contributed by atoms with E-state index in [-0.39, 0.29) is 6.23 Å². The maximum Gasteiger partial charge on any atom is 0.345 e. The third kappa shape index (κ3) is 9.14. The molecule has 2 atom stereocenters. The third-order valence-corrected chi connectivity index (χ3v) is 8.98. The molecule has 1 fully saturated rings. The molecule has 1 aliphatic heterocycles. The van der Waals surface area contributed by atoms with Crippen molar-refractivity contribution in [2.75, 3.05) is 38.1 Å². The van der Waals surface area contributed by atoms with E-state index in [1.54, 1.807) is 13.6 Å². The Morgan fingerprint density at radius 3 is 2.85 bits per heavy atom. The Morgan fingerprint density at radius 1 is 1.42 bits per heavy atom. The summed E-state index contributed by atoms with van der Waals surface area (Å²) in [6.07, 6.45) is 6.74. The van der Waals surface area contributed by atoms with Gasteiger partial charge in [0.15, 0.2) is 0 Å². The molecule has 0 amide bonds. The number of alkyl halides is 2. The van der Waals surface area contributed by atoms with E-state index in [4.69, 9.17) is 32.5 Å². The van der Waals surface area contributed by atoms with Crippen molar-refractivity contribution < 1.29 is 13.8 Å². The van der Waals surface area contributed by atoms with Gasteiger partial charge in [0.25, 0.3) is 0 Å². The van der Waals surface area contributed by atoms with Gasteiger partial charge in [-0.05, 0) is 31.6 Å². The number of allylic oxidation sites excluding steroid dienone is 3. The standard InChI is InChI=1S/C16H28Cl2IN2O3PS/c1-14(4-3-5-15(2)26-19)6-12-23-16-7-13-24-25(22,20-10-8-17)21(16)11-9-18/h5-6,16H,3-4,7-13H2,1-2H3,(H,20,22)/b14-6+,15-5+. The normalized spacial score (nSPS) is 25.7. The van der Waals surface area contributed by atoms with Crippen LogP contribution >= 0.6 is 61.0 Å². The largest absolute Gasteiger partial charge is 0.358 e. The Labute approximate surface area is 183 Å². The number of hydrogen-bond donors (Lipinski definition) is 1. The minimum Gasteiger partial charge on any atom is -0.358 e. The minimum atomic E-state index is -3.15. The van der Waals surface area contributed by atoms with E-state index in [0.717, 1.165) is 12.8 Å². The molecular weight excluding hydrogens is 529 g/mol. The molecular formula is C16H28Cl2IN2O3PS. The fourth-order valence-electron chi connectivity index (χ4n) is 2.46. The highest BCUT2D eigenvalue weighted by Gasteiger charge is 2.40. The van der Waals surface area contributed by atoms with Gasteiger partial charge in [0.2, 0.25) is 0 Å². The van der Waals surface area contributed by atoms with Crippen molar-refractivity contribution in [2.24, 2.45) is 0 Å². The minimum absolute atomic E-state index is 0.280. The van der Waals surface area contributed by atoms with Crippen molar-refractivity contribution in [3.8, 4) is 0 Å². The summed E-state index contributed by atoms with van der Waals surface area (Å²) >= 11 is 13.9. The molecule has 0 aromatic heterocycles. The molecule has 0 saturated carbocycles. The van der Waals surface area contributed by atoms with Crippen LogP contribution in [-0.2, 0) is 13.8 Å². The highest BCUT2D eigenvalue weighted by Crippen LogP contribution is 2.51. The molecule has 26 heavy (non-hydrogen) atoms. The average molecular weight is 557 g/mol. The highest BCUT2D eigenvalue weighted by molar-refractivity contribution is 14.2. The van der Waals surface area contributed by atoms with Crippen LogP contribution < -0.4 is 5.09 Å². The second kappa shape index (κ2) is 14.2. The van der Waals surface area contributed by atoms with Gasteiger partial charge >= 0.3 is 7.67 Å². The fourth-order valence-corrected chi connectivity index (χ4v) is 5.76. The van der Waals surface area contributed by atoms with Gasteiger partial charge in [-0.1, -0.05) is 26.7 Å². The summed E-state index contributed by atoms with van der Waals surface area (Å²) in [4.78, 5) is 1.33. The zero-order valence-corrected chi connectivity index (χ0v) is 20.6. The lowest BCUT2D eigenvalue weighted by atomic mass is 10.1. The van der Waals surface area contributed by atoms with Crippen molar-refractivity contribution in [2.45, 2.75) is 39.3 Å². The van der Waals surface area contributed by atoms with Crippen LogP contribution in [0.25, 0.3) is 0 Å². The van der Waals surface area contributed by atoms with Crippen molar-refractivity contribution in [3.63, 3.8) is 0 Å². The summed E-state index contributed by atoms with van der Waals surface area (Å²) in [5.41, 5.74) is 1.28. The molecule has 5 nitrogen and oxygen atoms in total. The molecule has 1 N–H and O–H groups in total. The van der Waals surface area contributed by atoms with Crippen LogP contribution in [0.15, 0.2) is 22.6 Å². The monoisotopic (exact) mass is 556 g/mol. The summed E-state index contributed by atoms with van der Waals surface area (Å²) in [6.45, 7) is 5.93. The van der Waals surface area contributed by atoms with Gasteiger partial charge in [-0.2, -0.15) is 4.67 Å². The smallest absolute Gasteiger partial charge is 0.345 e. The fraction of sp³-hybridized carbons (Fsp3) is 0.750. The molecule has 0 aliphatic carbocycles. The number of halogens is 3. The Kier molecular flexibility index (Phi) is 13.8. The van der Waals surface area contributed by atoms with Gasteiger partial charge < -0.3 is 9.26 Å². The van der Waals surface area contributed by atoms with E-state index in [2.05, 4.69) is 52.3 Å². The molecule has 2 unspecified atom stereocenters. The Morgan fingerprint density at radius 2 is 2.19 bits per heavy atom. The van der Waals surface area contributed by atoms with Crippen LogP contribution in [0.5, 0.6) is 0 Å². The Balaban J connectivity index is 2.57. The zero-order valence-electron chi connectivity index (χ0n) is 15.3. The van der Waals surface area contributed by atoms with Crippen LogP contribution in [0.4, 0.5) is 0 Å². The second-order valence-corrected chi connectivity index (χ2v) is 10.9. The Bertz CT molecular complexity index is 526. The number of rotatable bonds is 12. The van der Waals surface area contributed by atoms with Crippen LogP contribution in [0.1, 0.15) is 33.1 Å². The molecule has 152 valence electrons. The van der Waals surface area contributed by atoms with Crippen LogP contribution in [-0.4, -0.2) is 49.0 Å². The second-order valence-electron chi connectivity index (χ2n) is 5.86. The number of nitrogens with one attached hydrogen (secondary N) is 1. The molecule has 1 rings (SSSR count). The third-order valence-electron chi connectivity index (χ3n) is 3.83. The first-order valence-corrected chi connectivity index (χ1v) is 14.6. The predicted molar refractivity (Wildman–Crippen MR) is 122 cm³/mol. The topological polar surface area (TPSA) is 50.8 Å². The lowest BCUT2D eigenvalue weighted by Gasteiger charge is -2.40. The molecule has 0 bridgehead atoms. The van der Waals surface area contributed by atoms with Crippen LogP contribution in [0, 0.1) is 0 Å². The van der Waals surface area contributed by atoms with Crippen LogP contribution in [0.3, 0.4) is 0 Å². The molecule has 0 aromatic rings. The molecule has 10 heteroatoms. The van der Waals surface area contributed by atoms with Gasteiger partial charge in [0.05, 0.1) is 13.2 Å². The average Bonchev–Trinajstić information content (AvgIpc) is 2.62. The first kappa shape index (κ1) is 25.2. The predicted octanol–water partition coefficient (Wildman–Crippen LogP) is 5.94. The van der Waals surface area contributed by atoms with Gasteiger partial charge in [0, 0.05) is 52.5 Å². The van der Waals surface area contributed by atoms with Crippen molar-refractivity contribution in [3.05, 3.63) is 22.6 Å². The lowest BCUT2D eigenvalue weighted by Crippen LogP contribution is -2.44. The first-order valence-electron chi connectivity index (χ1n) is 8.58. The van der Waals surface area contributed by atoms with E-state index in [0.29, 0.717) is 44.5 Å². The van der Waals surface area contributed by atoms with Crippen molar-refractivity contribution >= 4 is 61.0 Å². The molecule has 0 spiro atoms. The van der Waals surface area contributed by atoms with Gasteiger partial charge in [-0.3, -0.25) is 4.57 Å².